The first-order valence-corrected chi connectivity index (χ1v) is 8.18. The Bertz CT molecular complexity index is 833. The topological polar surface area (TPSA) is 87.7 Å². The zero-order valence-corrected chi connectivity index (χ0v) is 14.3. The molecule has 134 valence electrons. The molecule has 0 atom stereocenters. The van der Waals surface area contributed by atoms with E-state index in [4.69, 9.17) is 4.74 Å². The molecular weight excluding hydrogens is 334 g/mol. The summed E-state index contributed by atoms with van der Waals surface area (Å²) in [6, 6.07) is 14.5. The summed E-state index contributed by atoms with van der Waals surface area (Å²) in [6.07, 6.45) is 0.153. The Morgan fingerprint density at radius 3 is 2.50 bits per heavy atom. The van der Waals surface area contributed by atoms with E-state index in [9.17, 15) is 14.4 Å². The maximum absolute atomic E-state index is 12.1. The lowest BCUT2D eigenvalue weighted by Gasteiger charge is -2.28. The van der Waals surface area contributed by atoms with Gasteiger partial charge in [0.05, 0.1) is 12.1 Å². The fourth-order valence-corrected chi connectivity index (χ4v) is 2.59. The summed E-state index contributed by atoms with van der Waals surface area (Å²) in [5, 5.41) is 0. The fourth-order valence-electron chi connectivity index (χ4n) is 2.59. The third kappa shape index (κ3) is 4.18. The minimum atomic E-state index is -0.493. The molecule has 0 fully saturated rings. The SMILES string of the molecule is Cc1ccc(CC(=O)NNC(=O)CN2C(=O)COc3ccccc32)cc1. The van der Waals surface area contributed by atoms with Crippen molar-refractivity contribution >= 4 is 23.4 Å². The van der Waals surface area contributed by atoms with E-state index in [-0.39, 0.29) is 31.4 Å². The number of benzene rings is 2. The highest BCUT2D eigenvalue weighted by atomic mass is 16.5. The average Bonchev–Trinajstić information content (AvgIpc) is 2.64. The number of carbonyl (C=O) groups is 3. The van der Waals surface area contributed by atoms with Crippen LogP contribution in [0.25, 0.3) is 0 Å². The van der Waals surface area contributed by atoms with Gasteiger partial charge < -0.3 is 4.74 Å². The number of carbonyl (C=O) groups excluding carboxylic acids is 3. The van der Waals surface area contributed by atoms with Gasteiger partial charge in [-0.25, -0.2) is 0 Å². The van der Waals surface area contributed by atoms with Crippen molar-refractivity contribution in [3.8, 4) is 5.75 Å². The Kier molecular flexibility index (Phi) is 5.17. The number of fused-ring (bicyclic) bond motifs is 1. The standard InChI is InChI=1S/C19H19N3O4/c1-13-6-8-14(9-7-13)10-17(23)20-21-18(24)11-22-15-4-2-3-5-16(15)26-12-19(22)25/h2-9H,10-12H2,1H3,(H,20,23)(H,21,24). The van der Waals surface area contributed by atoms with Gasteiger partial charge in [-0.05, 0) is 24.6 Å². The Morgan fingerprint density at radius 2 is 1.73 bits per heavy atom. The molecule has 2 aromatic rings. The van der Waals surface area contributed by atoms with Crippen LogP contribution in [0.4, 0.5) is 5.69 Å². The third-order valence-electron chi connectivity index (χ3n) is 3.94. The van der Waals surface area contributed by atoms with Gasteiger partial charge in [-0.3, -0.25) is 30.1 Å². The van der Waals surface area contributed by atoms with Gasteiger partial charge in [-0.1, -0.05) is 42.0 Å². The lowest BCUT2D eigenvalue weighted by Crippen LogP contribution is -2.50. The number of hydrogen-bond acceptors (Lipinski definition) is 4. The van der Waals surface area contributed by atoms with Crippen molar-refractivity contribution in [1.82, 2.24) is 10.9 Å². The second kappa shape index (κ2) is 7.69. The van der Waals surface area contributed by atoms with Gasteiger partial charge in [0, 0.05) is 0 Å². The van der Waals surface area contributed by atoms with Crippen LogP contribution in [0.1, 0.15) is 11.1 Å². The largest absolute Gasteiger partial charge is 0.482 e. The van der Waals surface area contributed by atoms with E-state index < -0.39 is 5.91 Å². The van der Waals surface area contributed by atoms with E-state index in [2.05, 4.69) is 10.9 Å². The highest BCUT2D eigenvalue weighted by Crippen LogP contribution is 2.30. The van der Waals surface area contributed by atoms with Crippen LogP contribution in [-0.2, 0) is 20.8 Å². The molecule has 0 saturated carbocycles. The zero-order chi connectivity index (χ0) is 18.5. The van der Waals surface area contributed by atoms with Crippen LogP contribution in [0, 0.1) is 6.92 Å². The molecular formula is C19H19N3O4. The maximum atomic E-state index is 12.1. The first-order valence-electron chi connectivity index (χ1n) is 8.18. The van der Waals surface area contributed by atoms with Crippen molar-refractivity contribution in [1.29, 1.82) is 0 Å². The van der Waals surface area contributed by atoms with Gasteiger partial charge in [0.1, 0.15) is 12.3 Å². The smallest absolute Gasteiger partial charge is 0.265 e. The summed E-state index contributed by atoms with van der Waals surface area (Å²) in [5.41, 5.74) is 7.19. The molecule has 0 aliphatic carbocycles. The van der Waals surface area contributed by atoms with E-state index in [0.29, 0.717) is 11.4 Å². The third-order valence-corrected chi connectivity index (χ3v) is 3.94. The molecule has 0 saturated heterocycles. The normalized spacial score (nSPS) is 12.8. The quantitative estimate of drug-likeness (QED) is 0.806. The van der Waals surface area contributed by atoms with Crippen LogP contribution in [0.3, 0.4) is 0 Å². The summed E-state index contributed by atoms with van der Waals surface area (Å²) in [7, 11) is 0. The van der Waals surface area contributed by atoms with Gasteiger partial charge in [0.15, 0.2) is 6.61 Å². The van der Waals surface area contributed by atoms with Crippen LogP contribution in [0.15, 0.2) is 48.5 Å². The summed E-state index contributed by atoms with van der Waals surface area (Å²) in [4.78, 5) is 37.4. The molecule has 0 bridgehead atoms. The Morgan fingerprint density at radius 1 is 1.04 bits per heavy atom. The second-order valence-corrected chi connectivity index (χ2v) is 6.00. The molecule has 0 spiro atoms. The molecule has 0 unspecified atom stereocenters. The number of nitrogens with zero attached hydrogens (tertiary/aromatic N) is 1. The predicted molar refractivity (Wildman–Crippen MR) is 95.5 cm³/mol. The highest BCUT2D eigenvalue weighted by molar-refractivity contribution is 6.02. The van der Waals surface area contributed by atoms with Gasteiger partial charge in [-0.15, -0.1) is 0 Å². The minimum Gasteiger partial charge on any atom is -0.482 e. The number of para-hydroxylation sites is 2. The van der Waals surface area contributed by atoms with Crippen molar-refractivity contribution < 1.29 is 19.1 Å². The lowest BCUT2D eigenvalue weighted by molar-refractivity contribution is -0.129. The van der Waals surface area contributed by atoms with Gasteiger partial charge in [0.25, 0.3) is 11.8 Å². The number of hydrogen-bond donors (Lipinski definition) is 2. The monoisotopic (exact) mass is 353 g/mol. The number of hydrazine groups is 1. The van der Waals surface area contributed by atoms with Crippen LogP contribution in [0.2, 0.25) is 0 Å². The van der Waals surface area contributed by atoms with E-state index >= 15 is 0 Å². The van der Waals surface area contributed by atoms with Crippen LogP contribution in [-0.4, -0.2) is 30.9 Å². The van der Waals surface area contributed by atoms with Crippen LogP contribution < -0.4 is 20.5 Å². The van der Waals surface area contributed by atoms with Crippen molar-refractivity contribution in [2.45, 2.75) is 13.3 Å². The summed E-state index contributed by atoms with van der Waals surface area (Å²) in [6.45, 7) is 1.64. The molecule has 3 rings (SSSR count). The van der Waals surface area contributed by atoms with E-state index in [1.807, 2.05) is 31.2 Å². The van der Waals surface area contributed by atoms with Crippen LogP contribution >= 0.6 is 0 Å². The number of amides is 3. The summed E-state index contributed by atoms with van der Waals surface area (Å²) < 4.78 is 5.33. The number of aryl methyl sites for hydroxylation is 1. The molecule has 7 nitrogen and oxygen atoms in total. The summed E-state index contributed by atoms with van der Waals surface area (Å²) in [5.74, 6) is -0.601. The van der Waals surface area contributed by atoms with Gasteiger partial charge in [-0.2, -0.15) is 0 Å². The Hall–Kier alpha value is -3.35. The highest BCUT2D eigenvalue weighted by Gasteiger charge is 2.26. The number of nitrogens with one attached hydrogen (secondary N) is 2. The van der Waals surface area contributed by atoms with Crippen LogP contribution in [0.5, 0.6) is 5.75 Å². The molecule has 1 aliphatic heterocycles. The molecule has 7 heteroatoms. The summed E-state index contributed by atoms with van der Waals surface area (Å²) >= 11 is 0. The van der Waals surface area contributed by atoms with Crippen molar-refractivity contribution in [2.75, 3.05) is 18.1 Å². The zero-order valence-electron chi connectivity index (χ0n) is 14.3. The van der Waals surface area contributed by atoms with Gasteiger partial charge >= 0.3 is 0 Å². The second-order valence-electron chi connectivity index (χ2n) is 6.00. The maximum Gasteiger partial charge on any atom is 0.265 e. The van der Waals surface area contributed by atoms with Crippen molar-refractivity contribution in [3.63, 3.8) is 0 Å². The number of anilines is 1. The molecule has 2 N–H and O–H groups in total. The average molecular weight is 353 g/mol. The Labute approximate surface area is 150 Å². The number of ether oxygens (including phenoxy) is 1. The van der Waals surface area contributed by atoms with Gasteiger partial charge in [0.2, 0.25) is 5.91 Å². The number of rotatable bonds is 4. The lowest BCUT2D eigenvalue weighted by atomic mass is 10.1. The molecule has 26 heavy (non-hydrogen) atoms. The van der Waals surface area contributed by atoms with E-state index in [1.165, 1.54) is 4.90 Å². The molecule has 1 aliphatic rings. The molecule has 0 radical (unpaired) electrons. The predicted octanol–water partition coefficient (Wildman–Crippen LogP) is 1.11. The fraction of sp³-hybridized carbons (Fsp3) is 0.211. The molecule has 1 heterocycles. The Balaban J connectivity index is 1.53. The van der Waals surface area contributed by atoms with Crippen molar-refractivity contribution in [3.05, 3.63) is 59.7 Å². The minimum absolute atomic E-state index is 0.121. The first-order chi connectivity index (χ1) is 12.5. The molecule has 3 amide bonds. The first kappa shape index (κ1) is 17.5. The molecule has 2 aromatic carbocycles. The van der Waals surface area contributed by atoms with Crippen molar-refractivity contribution in [2.24, 2.45) is 0 Å². The van der Waals surface area contributed by atoms with E-state index in [0.717, 1.165) is 11.1 Å². The van der Waals surface area contributed by atoms with E-state index in [1.54, 1.807) is 24.3 Å². The molecule has 0 aromatic heterocycles.